The molecule has 0 amide bonds. The van der Waals surface area contributed by atoms with Crippen molar-refractivity contribution in [2.24, 2.45) is 10.2 Å². The molecule has 0 spiro atoms. The second-order valence-corrected chi connectivity index (χ2v) is 5.22. The van der Waals surface area contributed by atoms with Crippen LogP contribution in [-0.4, -0.2) is 24.1 Å². The molecule has 1 heterocycles. The van der Waals surface area contributed by atoms with Crippen LogP contribution >= 0.6 is 11.6 Å². The first kappa shape index (κ1) is 11.3. The maximum atomic E-state index is 6.05. The third-order valence-corrected chi connectivity index (χ3v) is 3.72. The zero-order valence-electron chi connectivity index (χ0n) is 9.16. The molecule has 2 fully saturated rings. The molecular weight excluding hydrogens is 210 g/mol. The van der Waals surface area contributed by atoms with Crippen LogP contribution < -0.4 is 5.32 Å². The summed E-state index contributed by atoms with van der Waals surface area (Å²) in [6.07, 6.45) is 8.43. The van der Waals surface area contributed by atoms with Crippen LogP contribution in [0.3, 0.4) is 0 Å². The molecule has 15 heavy (non-hydrogen) atoms. The molecule has 1 saturated carbocycles. The van der Waals surface area contributed by atoms with Gasteiger partial charge in [-0.15, -0.1) is 11.6 Å². The number of nitrogens with one attached hydrogen (secondary N) is 1. The van der Waals surface area contributed by atoms with E-state index >= 15 is 0 Å². The van der Waals surface area contributed by atoms with Gasteiger partial charge in [-0.2, -0.15) is 10.2 Å². The third kappa shape index (κ3) is 3.72. The minimum atomic E-state index is 0.285. The predicted molar refractivity (Wildman–Crippen MR) is 62.4 cm³/mol. The highest BCUT2D eigenvalue weighted by atomic mass is 35.5. The van der Waals surface area contributed by atoms with Crippen molar-refractivity contribution >= 4 is 11.6 Å². The van der Waals surface area contributed by atoms with Crippen LogP contribution in [0.5, 0.6) is 0 Å². The molecule has 0 aromatic heterocycles. The van der Waals surface area contributed by atoms with Gasteiger partial charge < -0.3 is 0 Å². The van der Waals surface area contributed by atoms with Gasteiger partial charge in [0.2, 0.25) is 0 Å². The van der Waals surface area contributed by atoms with E-state index in [-0.39, 0.29) is 6.17 Å². The van der Waals surface area contributed by atoms with Crippen molar-refractivity contribution in [3.63, 3.8) is 0 Å². The summed E-state index contributed by atoms with van der Waals surface area (Å²) in [5.41, 5.74) is 0. The summed E-state index contributed by atoms with van der Waals surface area (Å²) < 4.78 is 0. The van der Waals surface area contributed by atoms with Crippen molar-refractivity contribution in [3.05, 3.63) is 0 Å². The Kier molecular flexibility index (Phi) is 4.39. The number of rotatable bonds is 2. The van der Waals surface area contributed by atoms with E-state index in [9.17, 15) is 0 Å². The quantitative estimate of drug-likeness (QED) is 0.574. The molecule has 0 aromatic rings. The molecule has 4 heteroatoms. The molecule has 1 atom stereocenters. The highest BCUT2D eigenvalue weighted by molar-refractivity contribution is 6.20. The zero-order chi connectivity index (χ0) is 10.5. The van der Waals surface area contributed by atoms with Crippen molar-refractivity contribution in [1.29, 1.82) is 0 Å². The lowest BCUT2D eigenvalue weighted by molar-refractivity contribution is 0.373. The second kappa shape index (κ2) is 5.80. The van der Waals surface area contributed by atoms with Gasteiger partial charge in [0.05, 0.1) is 6.04 Å². The number of hydrogen-bond donors (Lipinski definition) is 1. The molecule has 1 unspecified atom stereocenters. The van der Waals surface area contributed by atoms with Crippen LogP contribution in [0.25, 0.3) is 0 Å². The third-order valence-electron chi connectivity index (χ3n) is 3.28. The van der Waals surface area contributed by atoms with E-state index in [1.165, 1.54) is 12.8 Å². The summed E-state index contributed by atoms with van der Waals surface area (Å²) in [5.74, 6) is 0. The molecule has 2 aliphatic rings. The molecule has 3 nitrogen and oxygen atoms in total. The molecule has 1 N–H and O–H groups in total. The summed E-state index contributed by atoms with van der Waals surface area (Å²) in [6.45, 7) is 1.10. The highest BCUT2D eigenvalue weighted by Gasteiger charge is 2.19. The summed E-state index contributed by atoms with van der Waals surface area (Å²) in [5, 5.41) is 12.6. The van der Waals surface area contributed by atoms with Gasteiger partial charge in [-0.3, -0.25) is 5.32 Å². The Labute approximate surface area is 96.7 Å². The van der Waals surface area contributed by atoms with Gasteiger partial charge in [0.25, 0.3) is 0 Å². The first-order valence-corrected chi connectivity index (χ1v) is 6.55. The number of halogens is 1. The maximum absolute atomic E-state index is 6.05. The van der Waals surface area contributed by atoms with Crippen LogP contribution in [-0.2, 0) is 0 Å². The Morgan fingerprint density at radius 2 is 1.73 bits per heavy atom. The van der Waals surface area contributed by atoms with E-state index in [1.54, 1.807) is 0 Å². The fraction of sp³-hybridized carbons (Fsp3) is 1.00. The van der Waals surface area contributed by atoms with E-state index in [2.05, 4.69) is 15.5 Å². The molecule has 0 aromatic carbocycles. The normalized spacial score (nSPS) is 38.3. The highest BCUT2D eigenvalue weighted by Crippen LogP contribution is 2.25. The summed E-state index contributed by atoms with van der Waals surface area (Å²) in [4.78, 5) is 0. The molecule has 2 rings (SSSR count). The largest absolute Gasteiger partial charge is 0.294 e. The number of nitrogens with zero attached hydrogens (tertiary/aromatic N) is 2. The Hall–Kier alpha value is -0.150. The minimum absolute atomic E-state index is 0.285. The van der Waals surface area contributed by atoms with Crippen LogP contribution in [0.4, 0.5) is 0 Å². The van der Waals surface area contributed by atoms with E-state index < -0.39 is 0 Å². The lowest BCUT2D eigenvalue weighted by Gasteiger charge is -2.22. The zero-order valence-corrected chi connectivity index (χ0v) is 9.92. The standard InChI is InChI=1S/C11H20ClN3/c12-9-4-6-10(7-5-9)14-15-11-3-1-2-8-13-11/h9-11,13H,1-8H2. The van der Waals surface area contributed by atoms with Gasteiger partial charge in [-0.1, -0.05) is 0 Å². The van der Waals surface area contributed by atoms with Crippen molar-refractivity contribution in [3.8, 4) is 0 Å². The molecular formula is C11H20ClN3. The smallest absolute Gasteiger partial charge is 0.120 e. The second-order valence-electron chi connectivity index (χ2n) is 4.60. The number of hydrogen-bond acceptors (Lipinski definition) is 3. The topological polar surface area (TPSA) is 36.8 Å². The van der Waals surface area contributed by atoms with E-state index in [0.717, 1.165) is 38.6 Å². The predicted octanol–water partition coefficient (Wildman–Crippen LogP) is 3.09. The van der Waals surface area contributed by atoms with Gasteiger partial charge >= 0.3 is 0 Å². The minimum Gasteiger partial charge on any atom is -0.294 e. The van der Waals surface area contributed by atoms with Crippen LogP contribution in [0.15, 0.2) is 10.2 Å². The van der Waals surface area contributed by atoms with E-state index in [1.807, 2.05) is 0 Å². The van der Waals surface area contributed by atoms with Crippen molar-refractivity contribution < 1.29 is 0 Å². The Balaban J connectivity index is 1.73. The van der Waals surface area contributed by atoms with Crippen molar-refractivity contribution in [1.82, 2.24) is 5.32 Å². The fourth-order valence-electron chi connectivity index (χ4n) is 2.26. The van der Waals surface area contributed by atoms with Gasteiger partial charge in [-0.25, -0.2) is 0 Å². The molecule has 0 bridgehead atoms. The first-order valence-electron chi connectivity index (χ1n) is 6.12. The van der Waals surface area contributed by atoms with Gasteiger partial charge in [0, 0.05) is 5.38 Å². The van der Waals surface area contributed by atoms with E-state index in [0.29, 0.717) is 11.4 Å². The Morgan fingerprint density at radius 3 is 2.40 bits per heavy atom. The number of piperidine rings is 1. The molecule has 1 aliphatic carbocycles. The molecule has 1 aliphatic heterocycles. The Morgan fingerprint density at radius 1 is 0.933 bits per heavy atom. The van der Waals surface area contributed by atoms with Crippen molar-refractivity contribution in [2.75, 3.05) is 6.54 Å². The van der Waals surface area contributed by atoms with Gasteiger partial charge in [-0.05, 0) is 51.5 Å². The maximum Gasteiger partial charge on any atom is 0.120 e. The van der Waals surface area contributed by atoms with Crippen LogP contribution in [0, 0.1) is 0 Å². The van der Waals surface area contributed by atoms with Gasteiger partial charge in [0.1, 0.15) is 6.17 Å². The molecule has 1 saturated heterocycles. The average molecular weight is 230 g/mol. The number of azo groups is 1. The number of alkyl halides is 1. The summed E-state index contributed by atoms with van der Waals surface area (Å²) in [6, 6.07) is 0.434. The summed E-state index contributed by atoms with van der Waals surface area (Å²) in [7, 11) is 0. The monoisotopic (exact) mass is 229 g/mol. The fourth-order valence-corrected chi connectivity index (χ4v) is 2.51. The van der Waals surface area contributed by atoms with Crippen molar-refractivity contribution in [2.45, 2.75) is 62.5 Å². The van der Waals surface area contributed by atoms with Crippen LogP contribution in [0.1, 0.15) is 44.9 Å². The average Bonchev–Trinajstić information content (AvgIpc) is 2.30. The Bertz CT molecular complexity index is 206. The lowest BCUT2D eigenvalue weighted by atomic mass is 9.96. The van der Waals surface area contributed by atoms with E-state index in [4.69, 9.17) is 11.6 Å². The first-order chi connectivity index (χ1) is 7.34. The van der Waals surface area contributed by atoms with Gasteiger partial charge in [0.15, 0.2) is 0 Å². The lowest BCUT2D eigenvalue weighted by Crippen LogP contribution is -2.32. The van der Waals surface area contributed by atoms with Crippen LogP contribution in [0.2, 0.25) is 0 Å². The SMILES string of the molecule is ClC1CCC(N=NC2CCCCN2)CC1. The summed E-state index contributed by atoms with van der Waals surface area (Å²) >= 11 is 6.05. The molecule has 0 radical (unpaired) electrons. The molecule has 86 valence electrons.